The lowest BCUT2D eigenvalue weighted by Crippen LogP contribution is -2.40. The molecule has 1 saturated heterocycles. The van der Waals surface area contributed by atoms with Gasteiger partial charge in [-0.25, -0.2) is 4.79 Å². The summed E-state index contributed by atoms with van der Waals surface area (Å²) in [6, 6.07) is 13.8. The van der Waals surface area contributed by atoms with Crippen LogP contribution >= 0.6 is 0 Å². The number of H-pyrrole nitrogens is 1. The van der Waals surface area contributed by atoms with Crippen LogP contribution in [0.15, 0.2) is 48.7 Å². The standard InChI is InChI=1S/C25H32N4O3/c1-17(28(2)3)32-24-15-19(9-10-23(24)31-4)27-25(30)29-13-11-18(12-14-29)21-16-26-22-8-6-5-7-20(21)22/h5-10,15-18,26H,11-14H2,1-4H3,(H,27,30). The monoisotopic (exact) mass is 436 g/mol. The molecule has 1 atom stereocenters. The lowest BCUT2D eigenvalue weighted by atomic mass is 9.89. The van der Waals surface area contributed by atoms with E-state index in [1.54, 1.807) is 7.11 Å². The zero-order valence-corrected chi connectivity index (χ0v) is 19.2. The minimum atomic E-state index is -0.126. The molecular weight excluding hydrogens is 404 g/mol. The number of anilines is 1. The summed E-state index contributed by atoms with van der Waals surface area (Å²) in [6.07, 6.45) is 3.90. The molecule has 4 rings (SSSR count). The molecule has 0 radical (unpaired) electrons. The minimum absolute atomic E-state index is 0.0841. The Kier molecular flexibility index (Phi) is 6.55. The van der Waals surface area contributed by atoms with Gasteiger partial charge < -0.3 is 24.7 Å². The number of aromatic amines is 1. The number of rotatable bonds is 6. The number of amides is 2. The lowest BCUT2D eigenvalue weighted by molar-refractivity contribution is 0.0785. The molecule has 1 aliphatic rings. The number of likely N-dealkylation sites (tertiary alicyclic amines) is 1. The van der Waals surface area contributed by atoms with Crippen molar-refractivity contribution < 1.29 is 14.3 Å². The van der Waals surface area contributed by atoms with Crippen molar-refractivity contribution in [3.63, 3.8) is 0 Å². The number of nitrogens with one attached hydrogen (secondary N) is 2. The zero-order chi connectivity index (χ0) is 22.7. The molecule has 170 valence electrons. The van der Waals surface area contributed by atoms with Crippen molar-refractivity contribution >= 4 is 22.6 Å². The van der Waals surface area contributed by atoms with Crippen molar-refractivity contribution in [3.8, 4) is 11.5 Å². The molecule has 2 N–H and O–H groups in total. The summed E-state index contributed by atoms with van der Waals surface area (Å²) in [5, 5.41) is 4.30. The number of benzene rings is 2. The Morgan fingerprint density at radius 2 is 1.91 bits per heavy atom. The fourth-order valence-electron chi connectivity index (χ4n) is 4.16. The molecular formula is C25H32N4O3. The molecule has 0 aliphatic carbocycles. The number of nitrogens with zero attached hydrogens (tertiary/aromatic N) is 2. The van der Waals surface area contributed by atoms with Gasteiger partial charge in [-0.1, -0.05) is 18.2 Å². The Hall–Kier alpha value is -3.19. The van der Waals surface area contributed by atoms with Gasteiger partial charge in [0.1, 0.15) is 6.23 Å². The summed E-state index contributed by atoms with van der Waals surface area (Å²) >= 11 is 0. The average molecular weight is 437 g/mol. The quantitative estimate of drug-likeness (QED) is 0.541. The summed E-state index contributed by atoms with van der Waals surface area (Å²) in [4.78, 5) is 20.1. The van der Waals surface area contributed by atoms with E-state index in [2.05, 4.69) is 34.7 Å². The fourth-order valence-corrected chi connectivity index (χ4v) is 4.16. The molecule has 3 aromatic rings. The number of para-hydroxylation sites is 1. The molecule has 1 unspecified atom stereocenters. The van der Waals surface area contributed by atoms with Crippen LogP contribution in [0.5, 0.6) is 11.5 Å². The van der Waals surface area contributed by atoms with Crippen LogP contribution in [0.1, 0.15) is 31.2 Å². The summed E-state index contributed by atoms with van der Waals surface area (Å²) in [6.45, 7) is 3.42. The normalized spacial score (nSPS) is 15.7. The van der Waals surface area contributed by atoms with Gasteiger partial charge in [0.05, 0.1) is 7.11 Å². The van der Waals surface area contributed by atoms with Gasteiger partial charge in [-0.2, -0.15) is 0 Å². The topological polar surface area (TPSA) is 69.8 Å². The number of urea groups is 1. The van der Waals surface area contributed by atoms with Crippen LogP contribution in [-0.4, -0.2) is 61.3 Å². The highest BCUT2D eigenvalue weighted by atomic mass is 16.5. The van der Waals surface area contributed by atoms with E-state index in [0.29, 0.717) is 23.1 Å². The molecule has 7 heteroatoms. The molecule has 0 spiro atoms. The second kappa shape index (κ2) is 9.53. The number of hydrogen-bond donors (Lipinski definition) is 2. The SMILES string of the molecule is COc1ccc(NC(=O)N2CCC(c3c[nH]c4ccccc34)CC2)cc1OC(C)N(C)C. The van der Waals surface area contributed by atoms with Crippen LogP contribution in [0.3, 0.4) is 0 Å². The Labute approximate surface area is 189 Å². The van der Waals surface area contributed by atoms with E-state index in [4.69, 9.17) is 9.47 Å². The number of fused-ring (bicyclic) bond motifs is 1. The summed E-state index contributed by atoms with van der Waals surface area (Å²) < 4.78 is 11.4. The van der Waals surface area contributed by atoms with E-state index in [1.165, 1.54) is 16.5 Å². The first kappa shape index (κ1) is 22.0. The Balaban J connectivity index is 1.38. The molecule has 2 amide bonds. The van der Waals surface area contributed by atoms with E-state index < -0.39 is 0 Å². The van der Waals surface area contributed by atoms with Gasteiger partial charge in [-0.15, -0.1) is 0 Å². The van der Waals surface area contributed by atoms with Gasteiger partial charge in [0, 0.05) is 41.9 Å². The first-order chi connectivity index (χ1) is 15.5. The third-order valence-electron chi connectivity index (χ3n) is 6.28. The van der Waals surface area contributed by atoms with Crippen molar-refractivity contribution in [1.82, 2.24) is 14.8 Å². The van der Waals surface area contributed by atoms with Crippen LogP contribution in [0, 0.1) is 0 Å². The number of carbonyl (C=O) groups excluding carboxylic acids is 1. The summed E-state index contributed by atoms with van der Waals surface area (Å²) in [7, 11) is 5.50. The van der Waals surface area contributed by atoms with E-state index in [1.807, 2.05) is 55.1 Å². The Bertz CT molecular complexity index is 1070. The second-order valence-electron chi connectivity index (χ2n) is 8.53. The third kappa shape index (κ3) is 4.67. The third-order valence-corrected chi connectivity index (χ3v) is 6.28. The van der Waals surface area contributed by atoms with Gasteiger partial charge in [0.15, 0.2) is 11.5 Å². The maximum absolute atomic E-state index is 12.9. The second-order valence-corrected chi connectivity index (χ2v) is 8.53. The fraction of sp³-hybridized carbons (Fsp3) is 0.400. The van der Waals surface area contributed by atoms with Crippen LogP contribution in [0.2, 0.25) is 0 Å². The predicted molar refractivity (Wildman–Crippen MR) is 128 cm³/mol. The van der Waals surface area contributed by atoms with Crippen molar-refractivity contribution in [3.05, 3.63) is 54.2 Å². The number of piperidine rings is 1. The van der Waals surface area contributed by atoms with Crippen molar-refractivity contribution in [2.24, 2.45) is 0 Å². The maximum Gasteiger partial charge on any atom is 0.321 e. The van der Waals surface area contributed by atoms with E-state index in [0.717, 1.165) is 25.9 Å². The number of aromatic nitrogens is 1. The molecule has 1 fully saturated rings. The Morgan fingerprint density at radius 3 is 2.62 bits per heavy atom. The van der Waals surface area contributed by atoms with Gasteiger partial charge in [0.25, 0.3) is 0 Å². The van der Waals surface area contributed by atoms with Gasteiger partial charge in [-0.05, 0) is 63.5 Å². The highest BCUT2D eigenvalue weighted by molar-refractivity contribution is 5.90. The van der Waals surface area contributed by atoms with E-state index in [9.17, 15) is 4.79 Å². The van der Waals surface area contributed by atoms with Crippen LogP contribution in [0.25, 0.3) is 10.9 Å². The van der Waals surface area contributed by atoms with Crippen molar-refractivity contribution in [1.29, 1.82) is 0 Å². The first-order valence-corrected chi connectivity index (χ1v) is 11.1. The molecule has 1 aromatic heterocycles. The highest BCUT2D eigenvalue weighted by Crippen LogP contribution is 2.34. The van der Waals surface area contributed by atoms with E-state index in [-0.39, 0.29) is 12.3 Å². The van der Waals surface area contributed by atoms with E-state index >= 15 is 0 Å². The molecule has 0 bridgehead atoms. The molecule has 7 nitrogen and oxygen atoms in total. The first-order valence-electron chi connectivity index (χ1n) is 11.1. The molecule has 0 saturated carbocycles. The van der Waals surface area contributed by atoms with Crippen LogP contribution in [-0.2, 0) is 0 Å². The minimum Gasteiger partial charge on any atom is -0.493 e. The Morgan fingerprint density at radius 1 is 1.16 bits per heavy atom. The van der Waals surface area contributed by atoms with Crippen LogP contribution in [0.4, 0.5) is 10.5 Å². The molecule has 2 heterocycles. The number of carbonyl (C=O) groups is 1. The maximum atomic E-state index is 12.9. The zero-order valence-electron chi connectivity index (χ0n) is 19.2. The molecule has 2 aromatic carbocycles. The highest BCUT2D eigenvalue weighted by Gasteiger charge is 2.25. The smallest absolute Gasteiger partial charge is 0.321 e. The van der Waals surface area contributed by atoms with Gasteiger partial charge in [-0.3, -0.25) is 4.90 Å². The van der Waals surface area contributed by atoms with Gasteiger partial charge >= 0.3 is 6.03 Å². The average Bonchev–Trinajstić information content (AvgIpc) is 3.23. The summed E-state index contributed by atoms with van der Waals surface area (Å²) in [5.74, 6) is 1.70. The number of hydrogen-bond acceptors (Lipinski definition) is 4. The summed E-state index contributed by atoms with van der Waals surface area (Å²) in [5.41, 5.74) is 3.21. The number of ether oxygens (including phenoxy) is 2. The van der Waals surface area contributed by atoms with Crippen LogP contribution < -0.4 is 14.8 Å². The van der Waals surface area contributed by atoms with Gasteiger partial charge in [0.2, 0.25) is 0 Å². The van der Waals surface area contributed by atoms with Crippen molar-refractivity contribution in [2.45, 2.75) is 31.9 Å². The largest absolute Gasteiger partial charge is 0.493 e. The van der Waals surface area contributed by atoms with Crippen molar-refractivity contribution in [2.75, 3.05) is 39.6 Å². The predicted octanol–water partition coefficient (Wildman–Crippen LogP) is 4.87. The molecule has 32 heavy (non-hydrogen) atoms. The lowest BCUT2D eigenvalue weighted by Gasteiger charge is -2.32. The number of methoxy groups -OCH3 is 1. The molecule has 1 aliphatic heterocycles.